The zero-order chi connectivity index (χ0) is 28.0. The van der Waals surface area contributed by atoms with Crippen LogP contribution in [0.15, 0.2) is 35.9 Å². The molecular weight excluding hydrogens is 535 g/mol. The molecule has 1 aromatic rings. The number of hydrogen-bond acceptors (Lipinski definition) is 3. The quantitative estimate of drug-likeness (QED) is 0.176. The monoisotopic (exact) mass is 588 g/mol. The van der Waals surface area contributed by atoms with Crippen LogP contribution in [0.4, 0.5) is 0 Å². The third kappa shape index (κ3) is 5.85. The van der Waals surface area contributed by atoms with Gasteiger partial charge in [-0.3, -0.25) is 0 Å². The highest BCUT2D eigenvalue weighted by Crippen LogP contribution is 2.68. The molecule has 0 amide bonds. The van der Waals surface area contributed by atoms with Crippen molar-refractivity contribution in [3.05, 3.63) is 35.9 Å². The first kappa shape index (κ1) is 30.2. The second-order valence-corrected chi connectivity index (χ2v) is 20.3. The van der Waals surface area contributed by atoms with Gasteiger partial charge in [-0.05, 0) is 122 Å². The van der Waals surface area contributed by atoms with E-state index in [1.165, 1.54) is 57.8 Å². The lowest BCUT2D eigenvalue weighted by atomic mass is 9.47. The smallest absolute Gasteiger partial charge is 0.145 e. The Morgan fingerprint density at radius 3 is 2.44 bits per heavy atom. The van der Waals surface area contributed by atoms with E-state index in [1.807, 2.05) is 24.3 Å². The standard InChI is InChI=1S/C34H53O2PS2/c1-23(2)8-7-9-24(3)30-16-17-31-29-15-10-25-22-27(18-20-33(25,4)32(29)19-21-34(30,31)5)36-37(38,39)28-13-11-26(35-6)12-14-28/h10-14,23-24,27,29-32H,7-9,15-22H2,1-6H3,(H,38,39)/t24-,27+,29+,30-,31+,32+,33+,34-/m1/s1. The van der Waals surface area contributed by atoms with Crippen LogP contribution in [0.5, 0.6) is 5.75 Å². The van der Waals surface area contributed by atoms with Gasteiger partial charge in [0, 0.05) is 5.30 Å². The van der Waals surface area contributed by atoms with E-state index in [0.29, 0.717) is 10.8 Å². The topological polar surface area (TPSA) is 18.5 Å². The summed E-state index contributed by atoms with van der Waals surface area (Å²) in [6, 6.07) is 8.00. The molecule has 3 fully saturated rings. The van der Waals surface area contributed by atoms with E-state index in [9.17, 15) is 0 Å². The summed E-state index contributed by atoms with van der Waals surface area (Å²) in [7, 11) is 1.69. The second kappa shape index (κ2) is 11.8. The Morgan fingerprint density at radius 2 is 1.74 bits per heavy atom. The van der Waals surface area contributed by atoms with Crippen molar-refractivity contribution in [2.45, 2.75) is 111 Å². The van der Waals surface area contributed by atoms with Crippen molar-refractivity contribution in [1.82, 2.24) is 0 Å². The second-order valence-electron chi connectivity index (χ2n) is 14.5. The van der Waals surface area contributed by atoms with Crippen LogP contribution < -0.4 is 10.0 Å². The molecule has 4 aliphatic rings. The van der Waals surface area contributed by atoms with E-state index in [2.05, 4.69) is 40.7 Å². The minimum absolute atomic E-state index is 0.183. The van der Waals surface area contributed by atoms with Gasteiger partial charge in [-0.1, -0.05) is 77.3 Å². The minimum atomic E-state index is -2.35. The van der Waals surface area contributed by atoms with E-state index in [4.69, 9.17) is 33.3 Å². The van der Waals surface area contributed by atoms with Crippen molar-refractivity contribution >= 4 is 34.8 Å². The first-order valence-corrected chi connectivity index (χ1v) is 19.7. The molecule has 5 heteroatoms. The number of fused-ring (bicyclic) bond motifs is 5. The van der Waals surface area contributed by atoms with Crippen LogP contribution in [0, 0.1) is 46.3 Å². The fraction of sp³-hybridized carbons (Fsp3) is 0.765. The zero-order valence-electron chi connectivity index (χ0n) is 25.3. The van der Waals surface area contributed by atoms with Crippen molar-refractivity contribution in [3.63, 3.8) is 0 Å². The molecule has 0 saturated heterocycles. The molecular formula is C34H53O2PS2. The summed E-state index contributed by atoms with van der Waals surface area (Å²) >= 11 is 10.9. The van der Waals surface area contributed by atoms with E-state index in [1.54, 1.807) is 12.7 Å². The maximum Gasteiger partial charge on any atom is 0.145 e. The molecule has 9 atom stereocenters. The van der Waals surface area contributed by atoms with Gasteiger partial charge in [0.2, 0.25) is 0 Å². The van der Waals surface area contributed by atoms with Crippen LogP contribution >= 0.6 is 17.7 Å². The van der Waals surface area contributed by atoms with Crippen LogP contribution in [0.2, 0.25) is 0 Å². The number of methoxy groups -OCH3 is 1. The molecule has 0 radical (unpaired) electrons. The number of ether oxygens (including phenoxy) is 1. The first-order chi connectivity index (χ1) is 18.5. The highest BCUT2D eigenvalue weighted by Gasteiger charge is 2.59. The van der Waals surface area contributed by atoms with Gasteiger partial charge in [-0.25, -0.2) is 0 Å². The van der Waals surface area contributed by atoms with Gasteiger partial charge in [0.1, 0.15) is 11.2 Å². The lowest BCUT2D eigenvalue weighted by Crippen LogP contribution is -2.51. The average Bonchev–Trinajstić information content (AvgIpc) is 3.26. The number of hydrogen-bond donors (Lipinski definition) is 1. The summed E-state index contributed by atoms with van der Waals surface area (Å²) in [5, 5.41) is 1.02. The van der Waals surface area contributed by atoms with Crippen molar-refractivity contribution in [2.75, 3.05) is 7.11 Å². The summed E-state index contributed by atoms with van der Waals surface area (Å²) in [4.78, 5) is 0. The molecule has 0 aliphatic heterocycles. The van der Waals surface area contributed by atoms with Gasteiger partial charge < -0.3 is 9.26 Å². The predicted octanol–water partition coefficient (Wildman–Crippen LogP) is 9.99. The molecule has 218 valence electrons. The lowest BCUT2D eigenvalue weighted by molar-refractivity contribution is -0.0554. The molecule has 1 unspecified atom stereocenters. The highest BCUT2D eigenvalue weighted by atomic mass is 32.9. The molecule has 0 heterocycles. The van der Waals surface area contributed by atoms with Crippen molar-refractivity contribution < 1.29 is 9.26 Å². The Bertz CT molecular complexity index is 1080. The van der Waals surface area contributed by atoms with Gasteiger partial charge in [0.05, 0.1) is 13.2 Å². The van der Waals surface area contributed by atoms with Crippen LogP contribution in [-0.4, -0.2) is 13.2 Å². The minimum Gasteiger partial charge on any atom is -0.497 e. The third-order valence-electron chi connectivity index (χ3n) is 12.0. The van der Waals surface area contributed by atoms with E-state index >= 15 is 0 Å². The summed E-state index contributed by atoms with van der Waals surface area (Å²) in [6.45, 7) is 12.6. The Balaban J connectivity index is 1.26. The fourth-order valence-corrected chi connectivity index (χ4v) is 12.5. The number of rotatable bonds is 9. The number of benzene rings is 1. The molecule has 1 aromatic carbocycles. The molecule has 0 bridgehead atoms. The molecule has 0 aromatic heterocycles. The number of allylic oxidation sites excluding steroid dienone is 1. The summed E-state index contributed by atoms with van der Waals surface area (Å²) in [5.74, 6) is 6.11. The van der Waals surface area contributed by atoms with Crippen molar-refractivity contribution in [1.29, 1.82) is 0 Å². The molecule has 0 N–H and O–H groups in total. The molecule has 4 aliphatic carbocycles. The van der Waals surface area contributed by atoms with Crippen LogP contribution in [0.1, 0.15) is 105 Å². The zero-order valence-corrected chi connectivity index (χ0v) is 27.9. The highest BCUT2D eigenvalue weighted by molar-refractivity contribution is 8.64. The SMILES string of the molecule is COc1ccc(P(=S)(S)O[C@H]2CC[C@@]3(C)C(=CC[C@H]4[C@@H]5CC[C@H]([C@H](C)CCCC(C)C)[C@@]5(C)CC[C@@H]43)C2)cc1. The van der Waals surface area contributed by atoms with Gasteiger partial charge in [-0.2, -0.15) is 0 Å². The van der Waals surface area contributed by atoms with Gasteiger partial charge in [0.15, 0.2) is 0 Å². The van der Waals surface area contributed by atoms with Gasteiger partial charge in [0.25, 0.3) is 0 Å². The van der Waals surface area contributed by atoms with E-state index in [0.717, 1.165) is 59.4 Å². The van der Waals surface area contributed by atoms with E-state index < -0.39 is 5.47 Å². The largest absolute Gasteiger partial charge is 0.497 e. The van der Waals surface area contributed by atoms with Crippen LogP contribution in [-0.2, 0) is 16.3 Å². The maximum absolute atomic E-state index is 6.65. The van der Waals surface area contributed by atoms with Crippen LogP contribution in [0.25, 0.3) is 0 Å². The Labute approximate surface area is 249 Å². The first-order valence-electron chi connectivity index (χ1n) is 15.8. The van der Waals surface area contributed by atoms with Crippen molar-refractivity contribution in [3.8, 4) is 5.75 Å². The molecule has 39 heavy (non-hydrogen) atoms. The van der Waals surface area contributed by atoms with E-state index in [-0.39, 0.29) is 6.10 Å². The molecule has 2 nitrogen and oxygen atoms in total. The summed E-state index contributed by atoms with van der Waals surface area (Å²) in [6.07, 6.45) is 17.5. The normalized spacial score (nSPS) is 38.3. The Kier molecular flexibility index (Phi) is 9.11. The Morgan fingerprint density at radius 1 is 1.00 bits per heavy atom. The van der Waals surface area contributed by atoms with Gasteiger partial charge >= 0.3 is 0 Å². The maximum atomic E-state index is 6.65. The molecule has 3 saturated carbocycles. The Hall–Kier alpha value is -0.280. The van der Waals surface area contributed by atoms with Crippen molar-refractivity contribution in [2.24, 2.45) is 46.3 Å². The predicted molar refractivity (Wildman–Crippen MR) is 174 cm³/mol. The van der Waals surface area contributed by atoms with Gasteiger partial charge in [-0.15, -0.1) is 12.2 Å². The third-order valence-corrected chi connectivity index (χ3v) is 15.4. The average molecular weight is 589 g/mol. The summed E-state index contributed by atoms with van der Waals surface area (Å²) < 4.78 is 12.0. The molecule has 5 rings (SSSR count). The van der Waals surface area contributed by atoms with Crippen LogP contribution in [0.3, 0.4) is 0 Å². The summed E-state index contributed by atoms with van der Waals surface area (Å²) in [5.41, 5.74) is 0.204. The number of thiol groups is 1. The fourth-order valence-electron chi connectivity index (χ4n) is 9.78. The lowest BCUT2D eigenvalue weighted by Gasteiger charge is -2.58. The molecule has 0 spiro atoms.